The highest BCUT2D eigenvalue weighted by atomic mass is 32.1. The second-order valence-corrected chi connectivity index (χ2v) is 6.84. The van der Waals surface area contributed by atoms with Crippen LogP contribution in [0.2, 0.25) is 0 Å². The van der Waals surface area contributed by atoms with Gasteiger partial charge in [-0.1, -0.05) is 0 Å². The predicted molar refractivity (Wildman–Crippen MR) is 80.2 cm³/mol. The molecule has 0 aromatic carbocycles. The quantitative estimate of drug-likeness (QED) is 0.796. The Morgan fingerprint density at radius 2 is 2.00 bits per heavy atom. The number of aromatic nitrogens is 1. The molecule has 1 aliphatic rings. The molecule has 1 heterocycles. The van der Waals surface area contributed by atoms with Gasteiger partial charge in [0.1, 0.15) is 5.01 Å². The maximum atomic E-state index is 12.1. The molecule has 1 fully saturated rings. The fraction of sp³-hybridized carbons (Fsp3) is 0.643. The van der Waals surface area contributed by atoms with E-state index in [2.05, 4.69) is 15.6 Å². The third kappa shape index (κ3) is 4.17. The Balaban J connectivity index is 1.82. The summed E-state index contributed by atoms with van der Waals surface area (Å²) >= 11 is 1.50. The van der Waals surface area contributed by atoms with Crippen LogP contribution in [0, 0.1) is 5.92 Å². The standard InChI is InChI=1S/C14H21N3O3S/c1-14(2,12-15-7-8-21-12)17-13(20)16-10-5-3-9(4-6-10)11(18)19/h7-10H,3-6H2,1-2H3,(H,18,19)(H2,16,17,20). The van der Waals surface area contributed by atoms with E-state index in [0.717, 1.165) is 5.01 Å². The molecular weight excluding hydrogens is 290 g/mol. The van der Waals surface area contributed by atoms with Crippen molar-refractivity contribution in [3.63, 3.8) is 0 Å². The Bertz CT molecular complexity index is 494. The summed E-state index contributed by atoms with van der Waals surface area (Å²) in [7, 11) is 0. The molecule has 0 saturated heterocycles. The molecule has 0 spiro atoms. The first-order chi connectivity index (χ1) is 9.88. The van der Waals surface area contributed by atoms with Crippen LogP contribution >= 0.6 is 11.3 Å². The summed E-state index contributed by atoms with van der Waals surface area (Å²) in [4.78, 5) is 27.2. The molecule has 0 bridgehead atoms. The van der Waals surface area contributed by atoms with Crippen LogP contribution in [0.5, 0.6) is 0 Å². The summed E-state index contributed by atoms with van der Waals surface area (Å²) in [5, 5.41) is 17.5. The van der Waals surface area contributed by atoms with Crippen LogP contribution in [-0.2, 0) is 10.3 Å². The van der Waals surface area contributed by atoms with E-state index in [1.165, 1.54) is 11.3 Å². The molecule has 3 N–H and O–H groups in total. The lowest BCUT2D eigenvalue weighted by atomic mass is 9.86. The maximum Gasteiger partial charge on any atom is 0.315 e. The second kappa shape index (κ2) is 6.43. The van der Waals surface area contributed by atoms with Crippen molar-refractivity contribution in [2.45, 2.75) is 51.1 Å². The zero-order chi connectivity index (χ0) is 15.5. The van der Waals surface area contributed by atoms with Crippen LogP contribution in [0.25, 0.3) is 0 Å². The van der Waals surface area contributed by atoms with Crippen molar-refractivity contribution in [1.82, 2.24) is 15.6 Å². The van der Waals surface area contributed by atoms with Gasteiger partial charge < -0.3 is 15.7 Å². The number of carbonyl (C=O) groups excluding carboxylic acids is 1. The first kappa shape index (κ1) is 15.8. The molecule has 0 atom stereocenters. The molecule has 1 aliphatic carbocycles. The van der Waals surface area contributed by atoms with Gasteiger partial charge in [0.05, 0.1) is 11.5 Å². The molecule has 1 aromatic heterocycles. The topological polar surface area (TPSA) is 91.3 Å². The SMILES string of the molecule is CC(C)(NC(=O)NC1CCC(C(=O)O)CC1)c1nccs1. The Labute approximate surface area is 128 Å². The fourth-order valence-electron chi connectivity index (χ4n) is 2.58. The van der Waals surface area contributed by atoms with E-state index < -0.39 is 11.5 Å². The van der Waals surface area contributed by atoms with Crippen LogP contribution in [0.1, 0.15) is 44.5 Å². The van der Waals surface area contributed by atoms with E-state index in [4.69, 9.17) is 5.11 Å². The lowest BCUT2D eigenvalue weighted by Crippen LogP contribution is -2.50. The van der Waals surface area contributed by atoms with Crippen molar-refractivity contribution in [1.29, 1.82) is 0 Å². The molecule has 1 saturated carbocycles. The van der Waals surface area contributed by atoms with E-state index in [0.29, 0.717) is 25.7 Å². The van der Waals surface area contributed by atoms with Crippen molar-refractivity contribution >= 4 is 23.3 Å². The summed E-state index contributed by atoms with van der Waals surface area (Å²) in [6.45, 7) is 3.82. The normalized spacial score (nSPS) is 22.6. The van der Waals surface area contributed by atoms with Crippen LogP contribution in [0.4, 0.5) is 4.79 Å². The summed E-state index contributed by atoms with van der Waals surface area (Å²) in [6.07, 6.45) is 4.38. The largest absolute Gasteiger partial charge is 0.481 e. The van der Waals surface area contributed by atoms with Gasteiger partial charge in [0, 0.05) is 17.6 Å². The number of amides is 2. The zero-order valence-electron chi connectivity index (χ0n) is 12.3. The maximum absolute atomic E-state index is 12.1. The van der Waals surface area contributed by atoms with Crippen LogP contribution < -0.4 is 10.6 Å². The minimum Gasteiger partial charge on any atom is -0.481 e. The van der Waals surface area contributed by atoms with Gasteiger partial charge in [0.25, 0.3) is 0 Å². The van der Waals surface area contributed by atoms with Crippen molar-refractivity contribution in [2.24, 2.45) is 5.92 Å². The molecule has 6 nitrogen and oxygen atoms in total. The van der Waals surface area contributed by atoms with E-state index in [9.17, 15) is 9.59 Å². The number of carboxylic acid groups (broad SMARTS) is 1. The fourth-order valence-corrected chi connectivity index (χ4v) is 3.29. The molecule has 7 heteroatoms. The summed E-state index contributed by atoms with van der Waals surface area (Å²) in [6, 6.07) is -0.179. The van der Waals surface area contributed by atoms with Crippen LogP contribution in [0.3, 0.4) is 0 Å². The lowest BCUT2D eigenvalue weighted by molar-refractivity contribution is -0.142. The number of hydrogen-bond donors (Lipinski definition) is 3. The number of nitrogens with zero attached hydrogens (tertiary/aromatic N) is 1. The van der Waals surface area contributed by atoms with Crippen molar-refractivity contribution < 1.29 is 14.7 Å². The minimum atomic E-state index is -0.734. The molecule has 0 aliphatic heterocycles. The highest BCUT2D eigenvalue weighted by molar-refractivity contribution is 7.09. The van der Waals surface area contributed by atoms with Gasteiger partial charge in [-0.3, -0.25) is 4.79 Å². The van der Waals surface area contributed by atoms with Gasteiger partial charge in [-0.05, 0) is 39.5 Å². The monoisotopic (exact) mass is 311 g/mol. The molecule has 1 aromatic rings. The van der Waals surface area contributed by atoms with E-state index >= 15 is 0 Å². The first-order valence-corrected chi connectivity index (χ1v) is 7.98. The number of urea groups is 1. The van der Waals surface area contributed by atoms with Gasteiger partial charge in [-0.15, -0.1) is 11.3 Å². The number of thiazole rings is 1. The Hall–Kier alpha value is -1.63. The van der Waals surface area contributed by atoms with Gasteiger partial charge >= 0.3 is 12.0 Å². The number of rotatable bonds is 4. The number of hydrogen-bond acceptors (Lipinski definition) is 4. The number of aliphatic carboxylic acids is 1. The minimum absolute atomic E-state index is 0.0488. The average molecular weight is 311 g/mol. The van der Waals surface area contributed by atoms with Gasteiger partial charge in [-0.2, -0.15) is 0 Å². The Kier molecular flexibility index (Phi) is 4.82. The van der Waals surface area contributed by atoms with Crippen LogP contribution in [0.15, 0.2) is 11.6 Å². The smallest absolute Gasteiger partial charge is 0.315 e. The van der Waals surface area contributed by atoms with Crippen molar-refractivity contribution in [3.8, 4) is 0 Å². The summed E-state index contributed by atoms with van der Waals surface area (Å²) < 4.78 is 0. The summed E-state index contributed by atoms with van der Waals surface area (Å²) in [5.41, 5.74) is -0.517. The Morgan fingerprint density at radius 3 is 2.52 bits per heavy atom. The predicted octanol–water partition coefficient (Wildman–Crippen LogP) is 2.32. The van der Waals surface area contributed by atoms with E-state index in [1.54, 1.807) is 6.20 Å². The molecule has 0 unspecified atom stereocenters. The molecule has 2 amide bonds. The summed E-state index contributed by atoms with van der Waals surface area (Å²) in [5.74, 6) is -0.999. The van der Waals surface area contributed by atoms with E-state index in [-0.39, 0.29) is 18.0 Å². The first-order valence-electron chi connectivity index (χ1n) is 7.10. The molecule has 2 rings (SSSR count). The van der Waals surface area contributed by atoms with Crippen molar-refractivity contribution in [3.05, 3.63) is 16.6 Å². The highest BCUT2D eigenvalue weighted by Crippen LogP contribution is 2.25. The van der Waals surface area contributed by atoms with Crippen LogP contribution in [-0.4, -0.2) is 28.1 Å². The molecule has 116 valence electrons. The van der Waals surface area contributed by atoms with Gasteiger partial charge in [-0.25, -0.2) is 9.78 Å². The molecular formula is C14H21N3O3S. The third-order valence-corrected chi connectivity index (χ3v) is 4.90. The third-order valence-electron chi connectivity index (χ3n) is 3.80. The number of carbonyl (C=O) groups is 2. The second-order valence-electron chi connectivity index (χ2n) is 5.95. The Morgan fingerprint density at radius 1 is 1.33 bits per heavy atom. The van der Waals surface area contributed by atoms with Crippen molar-refractivity contribution in [2.75, 3.05) is 0 Å². The zero-order valence-corrected chi connectivity index (χ0v) is 13.1. The van der Waals surface area contributed by atoms with Gasteiger partial charge in [0.15, 0.2) is 0 Å². The number of nitrogens with one attached hydrogen (secondary N) is 2. The van der Waals surface area contributed by atoms with E-state index in [1.807, 2.05) is 19.2 Å². The molecule has 0 radical (unpaired) electrons. The number of carboxylic acids is 1. The highest BCUT2D eigenvalue weighted by Gasteiger charge is 2.29. The lowest BCUT2D eigenvalue weighted by Gasteiger charge is -2.29. The van der Waals surface area contributed by atoms with Gasteiger partial charge in [0.2, 0.25) is 0 Å². The average Bonchev–Trinajstić information content (AvgIpc) is 2.93. The molecule has 21 heavy (non-hydrogen) atoms.